The molecule has 0 spiro atoms. The Morgan fingerprint density at radius 1 is 1.03 bits per heavy atom. The zero-order chi connectivity index (χ0) is 20.9. The average molecular weight is 394 g/mol. The summed E-state index contributed by atoms with van der Waals surface area (Å²) in [4.78, 5) is 15.6. The fourth-order valence-corrected chi connectivity index (χ4v) is 3.89. The van der Waals surface area contributed by atoms with Crippen LogP contribution in [0.5, 0.6) is 0 Å². The van der Waals surface area contributed by atoms with Crippen LogP contribution in [0, 0.1) is 11.3 Å². The first kappa shape index (κ1) is 19.5. The molecule has 0 saturated carbocycles. The lowest BCUT2D eigenvalue weighted by molar-refractivity contribution is 0.0525. The molecule has 4 rings (SSSR count). The highest BCUT2D eigenvalue weighted by Crippen LogP contribution is 2.33. The molecule has 1 heterocycles. The van der Waals surface area contributed by atoms with Crippen LogP contribution < -0.4 is 0 Å². The third-order valence-corrected chi connectivity index (χ3v) is 5.32. The molecule has 0 saturated heterocycles. The van der Waals surface area contributed by atoms with Gasteiger partial charge in [-0.3, -0.25) is 0 Å². The fourth-order valence-electron chi connectivity index (χ4n) is 3.89. The van der Waals surface area contributed by atoms with E-state index in [4.69, 9.17) is 4.74 Å². The number of nitriles is 1. The number of benzene rings is 3. The van der Waals surface area contributed by atoms with E-state index in [1.165, 1.54) is 5.39 Å². The standard InChI is InChI=1S/C26H22N2O2/c1-2-30-26(29)25-17-28-16-24(25)23(13-18-6-5-7-19(12-18)15-27)22-11-10-20-8-3-4-9-21(20)14-22/h3-12,14,16-17,23,28H,2,13H2,1H3. The van der Waals surface area contributed by atoms with Gasteiger partial charge in [0.15, 0.2) is 0 Å². The van der Waals surface area contributed by atoms with Gasteiger partial charge in [-0.15, -0.1) is 0 Å². The van der Waals surface area contributed by atoms with Crippen molar-refractivity contribution in [2.75, 3.05) is 6.61 Å². The van der Waals surface area contributed by atoms with E-state index >= 15 is 0 Å². The molecule has 1 aromatic heterocycles. The zero-order valence-corrected chi connectivity index (χ0v) is 16.8. The van der Waals surface area contributed by atoms with E-state index in [1.807, 2.05) is 36.5 Å². The normalized spacial score (nSPS) is 11.7. The Balaban J connectivity index is 1.81. The molecule has 148 valence electrons. The van der Waals surface area contributed by atoms with E-state index < -0.39 is 0 Å². The second kappa shape index (κ2) is 8.67. The highest BCUT2D eigenvalue weighted by molar-refractivity contribution is 5.91. The maximum atomic E-state index is 12.5. The number of ether oxygens (including phenoxy) is 1. The van der Waals surface area contributed by atoms with Gasteiger partial charge in [-0.25, -0.2) is 4.79 Å². The minimum atomic E-state index is -0.328. The number of fused-ring (bicyclic) bond motifs is 1. The number of rotatable bonds is 6. The summed E-state index contributed by atoms with van der Waals surface area (Å²) in [5, 5.41) is 11.6. The first-order chi connectivity index (χ1) is 14.7. The molecule has 0 amide bonds. The Morgan fingerprint density at radius 3 is 2.67 bits per heavy atom. The zero-order valence-electron chi connectivity index (χ0n) is 16.8. The van der Waals surface area contributed by atoms with Crippen molar-refractivity contribution in [2.45, 2.75) is 19.3 Å². The minimum Gasteiger partial charge on any atom is -0.462 e. The average Bonchev–Trinajstić information content (AvgIpc) is 3.27. The summed E-state index contributed by atoms with van der Waals surface area (Å²) in [5.41, 5.74) is 4.23. The van der Waals surface area contributed by atoms with E-state index in [9.17, 15) is 10.1 Å². The number of aromatic nitrogens is 1. The van der Waals surface area contributed by atoms with Gasteiger partial charge in [-0.2, -0.15) is 5.26 Å². The van der Waals surface area contributed by atoms with Gasteiger partial charge in [-0.05, 0) is 52.9 Å². The van der Waals surface area contributed by atoms with Crippen molar-refractivity contribution in [3.05, 3.63) is 107 Å². The summed E-state index contributed by atoms with van der Waals surface area (Å²) in [7, 11) is 0. The molecule has 1 unspecified atom stereocenters. The summed E-state index contributed by atoms with van der Waals surface area (Å²) < 4.78 is 5.27. The number of nitrogens with one attached hydrogen (secondary N) is 1. The molecule has 0 bridgehead atoms. The SMILES string of the molecule is CCOC(=O)c1c[nH]cc1C(Cc1cccc(C#N)c1)c1ccc2ccccc2c1. The van der Waals surface area contributed by atoms with Gasteiger partial charge in [0.05, 0.1) is 23.8 Å². The van der Waals surface area contributed by atoms with E-state index in [1.54, 1.807) is 19.2 Å². The minimum absolute atomic E-state index is 0.0609. The molecule has 0 aliphatic heterocycles. The maximum Gasteiger partial charge on any atom is 0.339 e. The Hall–Kier alpha value is -3.84. The van der Waals surface area contributed by atoms with Crippen LogP contribution in [0.15, 0.2) is 79.1 Å². The molecule has 30 heavy (non-hydrogen) atoms. The smallest absolute Gasteiger partial charge is 0.339 e. The molecule has 0 aliphatic rings. The van der Waals surface area contributed by atoms with Crippen molar-refractivity contribution in [1.82, 2.24) is 4.98 Å². The molecule has 0 fully saturated rings. The van der Waals surface area contributed by atoms with Crippen molar-refractivity contribution >= 4 is 16.7 Å². The highest BCUT2D eigenvalue weighted by Gasteiger charge is 2.23. The van der Waals surface area contributed by atoms with Crippen molar-refractivity contribution in [2.24, 2.45) is 0 Å². The second-order valence-corrected chi connectivity index (χ2v) is 7.22. The number of hydrogen-bond donors (Lipinski definition) is 1. The summed E-state index contributed by atoms with van der Waals surface area (Å²) in [6, 6.07) is 24.5. The molecule has 4 aromatic rings. The van der Waals surface area contributed by atoms with Crippen LogP contribution in [0.25, 0.3) is 10.8 Å². The van der Waals surface area contributed by atoms with Gasteiger partial charge < -0.3 is 9.72 Å². The van der Waals surface area contributed by atoms with Crippen LogP contribution in [0.2, 0.25) is 0 Å². The van der Waals surface area contributed by atoms with Crippen LogP contribution >= 0.6 is 0 Å². The fraction of sp³-hybridized carbons (Fsp3) is 0.154. The van der Waals surface area contributed by atoms with Gasteiger partial charge in [0, 0.05) is 18.3 Å². The first-order valence-corrected chi connectivity index (χ1v) is 10.0. The Kier molecular flexibility index (Phi) is 5.63. The second-order valence-electron chi connectivity index (χ2n) is 7.22. The number of carbonyl (C=O) groups is 1. The number of H-pyrrole nitrogens is 1. The van der Waals surface area contributed by atoms with Crippen LogP contribution in [0.3, 0.4) is 0 Å². The monoisotopic (exact) mass is 394 g/mol. The van der Waals surface area contributed by atoms with Gasteiger partial charge in [0.1, 0.15) is 0 Å². The summed E-state index contributed by atoms with van der Waals surface area (Å²) in [6.45, 7) is 2.13. The van der Waals surface area contributed by atoms with Gasteiger partial charge in [-0.1, -0.05) is 54.6 Å². The van der Waals surface area contributed by atoms with Crippen molar-refractivity contribution in [3.63, 3.8) is 0 Å². The topological polar surface area (TPSA) is 65.9 Å². The third-order valence-electron chi connectivity index (χ3n) is 5.32. The summed E-state index contributed by atoms with van der Waals surface area (Å²) >= 11 is 0. The molecular formula is C26H22N2O2. The number of hydrogen-bond acceptors (Lipinski definition) is 3. The highest BCUT2D eigenvalue weighted by atomic mass is 16.5. The maximum absolute atomic E-state index is 12.5. The molecule has 0 aliphatic carbocycles. The lowest BCUT2D eigenvalue weighted by Crippen LogP contribution is -2.12. The Morgan fingerprint density at radius 2 is 1.87 bits per heavy atom. The lowest BCUT2D eigenvalue weighted by atomic mass is 9.84. The molecule has 4 heteroatoms. The predicted octanol–water partition coefficient (Wildman–Crippen LogP) is 5.59. The van der Waals surface area contributed by atoms with E-state index in [2.05, 4.69) is 41.4 Å². The largest absolute Gasteiger partial charge is 0.462 e. The van der Waals surface area contributed by atoms with Crippen LogP contribution in [-0.2, 0) is 11.2 Å². The Labute approximate surface area is 175 Å². The Bertz CT molecular complexity index is 1230. The summed E-state index contributed by atoms with van der Waals surface area (Å²) in [6.07, 6.45) is 4.24. The number of esters is 1. The number of aromatic amines is 1. The van der Waals surface area contributed by atoms with Crippen LogP contribution in [0.1, 0.15) is 45.5 Å². The van der Waals surface area contributed by atoms with E-state index in [0.29, 0.717) is 24.2 Å². The molecule has 0 radical (unpaired) electrons. The number of nitrogens with zero attached hydrogens (tertiary/aromatic N) is 1. The molecule has 4 nitrogen and oxygen atoms in total. The number of carbonyl (C=O) groups excluding carboxylic acids is 1. The van der Waals surface area contributed by atoms with Crippen molar-refractivity contribution in [1.29, 1.82) is 5.26 Å². The van der Waals surface area contributed by atoms with Crippen molar-refractivity contribution < 1.29 is 9.53 Å². The van der Waals surface area contributed by atoms with Gasteiger partial charge in [0.25, 0.3) is 0 Å². The van der Waals surface area contributed by atoms with Gasteiger partial charge >= 0.3 is 5.97 Å². The van der Waals surface area contributed by atoms with Crippen LogP contribution in [0.4, 0.5) is 0 Å². The molecule has 1 N–H and O–H groups in total. The van der Waals surface area contributed by atoms with Crippen molar-refractivity contribution in [3.8, 4) is 6.07 Å². The van der Waals surface area contributed by atoms with Crippen LogP contribution in [-0.4, -0.2) is 17.6 Å². The van der Waals surface area contributed by atoms with E-state index in [-0.39, 0.29) is 11.9 Å². The molecular weight excluding hydrogens is 372 g/mol. The van der Waals surface area contributed by atoms with Gasteiger partial charge in [0.2, 0.25) is 0 Å². The third kappa shape index (κ3) is 3.97. The lowest BCUT2D eigenvalue weighted by Gasteiger charge is -2.19. The quantitative estimate of drug-likeness (QED) is 0.434. The summed E-state index contributed by atoms with van der Waals surface area (Å²) in [5.74, 6) is -0.389. The van der Waals surface area contributed by atoms with E-state index in [0.717, 1.165) is 22.1 Å². The molecule has 1 atom stereocenters. The predicted molar refractivity (Wildman–Crippen MR) is 117 cm³/mol. The first-order valence-electron chi connectivity index (χ1n) is 10.0. The molecule has 3 aromatic carbocycles.